The van der Waals surface area contributed by atoms with Gasteiger partial charge in [0.05, 0.1) is 18.4 Å². The van der Waals surface area contributed by atoms with Crippen LogP contribution in [0.15, 0.2) is 46.5 Å². The van der Waals surface area contributed by atoms with Crippen LogP contribution < -0.4 is 10.1 Å². The van der Waals surface area contributed by atoms with Gasteiger partial charge in [0.25, 0.3) is 15.9 Å². The molecule has 4 rings (SSSR count). The van der Waals surface area contributed by atoms with Gasteiger partial charge in [-0.3, -0.25) is 4.79 Å². The fraction of sp³-hybridized carbons (Fsp3) is 0.235. The number of ether oxygens (including phenoxy) is 1. The number of tetrazole rings is 1. The molecule has 3 heterocycles. The number of hydrogen-bond acceptors (Lipinski definition) is 8. The molecule has 0 aliphatic carbocycles. The molecule has 1 aromatic carbocycles. The molecule has 150 valence electrons. The van der Waals surface area contributed by atoms with Gasteiger partial charge in [-0.2, -0.15) is 4.68 Å². The molecule has 11 nitrogen and oxygen atoms in total. The van der Waals surface area contributed by atoms with Gasteiger partial charge in [0, 0.05) is 18.4 Å². The number of nitrogens with one attached hydrogen (secondary N) is 1. The van der Waals surface area contributed by atoms with Gasteiger partial charge in [0.15, 0.2) is 11.7 Å². The molecule has 0 fully saturated rings. The predicted molar refractivity (Wildman–Crippen MR) is 104 cm³/mol. The Bertz CT molecular complexity index is 1180. The average Bonchev–Trinajstić information content (AvgIpc) is 3.12. The number of amides is 1. The van der Waals surface area contributed by atoms with Gasteiger partial charge < -0.3 is 15.0 Å². The zero-order valence-corrected chi connectivity index (χ0v) is 16.4. The van der Waals surface area contributed by atoms with Crippen LogP contribution in [0.2, 0.25) is 0 Å². The summed E-state index contributed by atoms with van der Waals surface area (Å²) in [6, 6.07) is 5.00. The van der Waals surface area contributed by atoms with Crippen molar-refractivity contribution in [2.75, 3.05) is 24.7 Å². The highest BCUT2D eigenvalue weighted by Crippen LogP contribution is 2.27. The highest BCUT2D eigenvalue weighted by molar-refractivity contribution is 7.90. The molecular weight excluding hydrogens is 398 g/mol. The van der Waals surface area contributed by atoms with Crippen molar-refractivity contribution in [3.05, 3.63) is 47.9 Å². The summed E-state index contributed by atoms with van der Waals surface area (Å²) in [4.78, 5) is 14.5. The van der Waals surface area contributed by atoms with Gasteiger partial charge in [0.2, 0.25) is 0 Å². The highest BCUT2D eigenvalue weighted by Gasteiger charge is 2.30. The third kappa shape index (κ3) is 3.61. The molecule has 0 bridgehead atoms. The number of allylic oxidation sites excluding steroid dienone is 2. The molecule has 0 saturated heterocycles. The van der Waals surface area contributed by atoms with E-state index in [4.69, 9.17) is 4.74 Å². The molecule has 0 spiro atoms. The van der Waals surface area contributed by atoms with E-state index in [1.54, 1.807) is 42.3 Å². The number of carbonyl (C=O) groups excluding carboxylic acids is 1. The summed E-state index contributed by atoms with van der Waals surface area (Å²) in [5.74, 6) is 0.598. The molecule has 0 saturated carbocycles. The van der Waals surface area contributed by atoms with Crippen LogP contribution in [0.25, 0.3) is 5.69 Å². The van der Waals surface area contributed by atoms with E-state index in [1.807, 2.05) is 0 Å². The van der Waals surface area contributed by atoms with Crippen molar-refractivity contribution in [1.82, 2.24) is 25.1 Å². The van der Waals surface area contributed by atoms with Crippen molar-refractivity contribution in [3.8, 4) is 11.4 Å². The Morgan fingerprint density at radius 2 is 2.14 bits per heavy atom. The molecule has 1 N–H and O–H groups in total. The van der Waals surface area contributed by atoms with Crippen LogP contribution in [0.5, 0.6) is 5.75 Å². The van der Waals surface area contributed by atoms with E-state index in [0.29, 0.717) is 22.9 Å². The van der Waals surface area contributed by atoms with E-state index in [2.05, 4.69) is 25.2 Å². The first-order chi connectivity index (χ1) is 13.9. The maximum atomic E-state index is 12.9. The van der Waals surface area contributed by atoms with E-state index < -0.39 is 15.9 Å². The molecule has 0 atom stereocenters. The average molecular weight is 415 g/mol. The van der Waals surface area contributed by atoms with E-state index in [-0.39, 0.29) is 23.7 Å². The maximum Gasteiger partial charge on any atom is 0.259 e. The third-order valence-electron chi connectivity index (χ3n) is 4.39. The van der Waals surface area contributed by atoms with Crippen LogP contribution >= 0.6 is 0 Å². The number of hydrogen-bond donors (Lipinski definition) is 1. The Morgan fingerprint density at radius 3 is 2.86 bits per heavy atom. The molecule has 1 aromatic heterocycles. The van der Waals surface area contributed by atoms with Gasteiger partial charge >= 0.3 is 0 Å². The Hall–Kier alpha value is -3.54. The predicted octanol–water partition coefficient (Wildman–Crippen LogP) is 0.415. The molecule has 1 amide bonds. The summed E-state index contributed by atoms with van der Waals surface area (Å²) in [6.07, 6.45) is 4.90. The number of carbonyl (C=O) groups is 1. The second-order valence-electron chi connectivity index (χ2n) is 6.29. The first-order valence-electron chi connectivity index (χ1n) is 8.61. The Kier molecular flexibility index (Phi) is 4.62. The number of sulfonamides is 1. The largest absolute Gasteiger partial charge is 0.494 e. The third-order valence-corrected chi connectivity index (χ3v) is 5.54. The smallest absolute Gasteiger partial charge is 0.259 e. The molecule has 2 aliphatic heterocycles. The van der Waals surface area contributed by atoms with Crippen LogP contribution in [0.1, 0.15) is 5.82 Å². The van der Waals surface area contributed by atoms with Crippen molar-refractivity contribution in [2.45, 2.75) is 6.92 Å². The zero-order chi connectivity index (χ0) is 20.6. The zero-order valence-electron chi connectivity index (χ0n) is 15.6. The Morgan fingerprint density at radius 1 is 1.31 bits per heavy atom. The molecule has 29 heavy (non-hydrogen) atoms. The topological polar surface area (TPSA) is 132 Å². The van der Waals surface area contributed by atoms with Crippen LogP contribution in [0.3, 0.4) is 0 Å². The molecule has 2 aliphatic rings. The lowest BCUT2D eigenvalue weighted by atomic mass is 10.1. The van der Waals surface area contributed by atoms with Gasteiger partial charge in [-0.1, -0.05) is 0 Å². The van der Waals surface area contributed by atoms with E-state index in [0.717, 1.165) is 0 Å². The lowest BCUT2D eigenvalue weighted by Crippen LogP contribution is -2.40. The van der Waals surface area contributed by atoms with Crippen molar-refractivity contribution < 1.29 is 17.9 Å². The summed E-state index contributed by atoms with van der Waals surface area (Å²) in [6.45, 7) is 1.98. The lowest BCUT2D eigenvalue weighted by molar-refractivity contribution is -0.112. The quantitative estimate of drug-likeness (QED) is 0.760. The van der Waals surface area contributed by atoms with E-state index >= 15 is 0 Å². The molecule has 0 radical (unpaired) electrons. The van der Waals surface area contributed by atoms with Crippen LogP contribution in [0.4, 0.5) is 5.69 Å². The molecule has 0 unspecified atom stereocenters. The number of rotatable bonds is 4. The fourth-order valence-electron chi connectivity index (χ4n) is 2.98. The Labute approximate surface area is 166 Å². The number of nitrogens with zero attached hydrogens (tertiary/aromatic N) is 6. The standard InChI is InChI=1S/C17H17N7O4S/c1-11-19-21-22-24(11)14-10-12(5-6-15(14)28-2)18-17(25)13-4-3-7-23-8-9-29(26,27)20-16(13)23/h3-7,10H,8-9H2,1-2H3,(H,18,25). The first-order valence-corrected chi connectivity index (χ1v) is 10.2. The fourth-order valence-corrected chi connectivity index (χ4v) is 3.96. The van der Waals surface area contributed by atoms with Crippen molar-refractivity contribution >= 4 is 27.5 Å². The van der Waals surface area contributed by atoms with Crippen LogP contribution in [-0.2, 0) is 14.8 Å². The van der Waals surface area contributed by atoms with Gasteiger partial charge in [-0.15, -0.1) is 9.50 Å². The second kappa shape index (κ2) is 7.13. The molecule has 2 aromatic rings. The van der Waals surface area contributed by atoms with Gasteiger partial charge in [0.1, 0.15) is 11.4 Å². The number of amidine groups is 1. The monoisotopic (exact) mass is 415 g/mol. The van der Waals surface area contributed by atoms with Gasteiger partial charge in [-0.05, 0) is 47.7 Å². The number of aryl methyl sites for hydroxylation is 1. The van der Waals surface area contributed by atoms with Crippen molar-refractivity contribution in [2.24, 2.45) is 4.40 Å². The van der Waals surface area contributed by atoms with Crippen LogP contribution in [0, 0.1) is 6.92 Å². The minimum absolute atomic E-state index is 0.0944. The van der Waals surface area contributed by atoms with Gasteiger partial charge in [-0.25, -0.2) is 8.42 Å². The maximum absolute atomic E-state index is 12.9. The highest BCUT2D eigenvalue weighted by atomic mass is 32.2. The minimum Gasteiger partial charge on any atom is -0.494 e. The number of benzene rings is 1. The number of anilines is 1. The lowest BCUT2D eigenvalue weighted by Gasteiger charge is -2.28. The molecular formula is C17H17N7O4S. The van der Waals surface area contributed by atoms with Crippen molar-refractivity contribution in [1.29, 1.82) is 0 Å². The number of aromatic nitrogens is 4. The number of fused-ring (bicyclic) bond motifs is 1. The number of methoxy groups -OCH3 is 1. The SMILES string of the molecule is COc1ccc(NC(=O)C2=CC=CN3CCS(=O)(=O)N=C23)cc1-n1nnnc1C. The van der Waals surface area contributed by atoms with Crippen LogP contribution in [-0.4, -0.2) is 64.7 Å². The van der Waals surface area contributed by atoms with E-state index in [9.17, 15) is 13.2 Å². The first kappa shape index (κ1) is 18.8. The summed E-state index contributed by atoms with van der Waals surface area (Å²) in [5, 5.41) is 14.2. The summed E-state index contributed by atoms with van der Waals surface area (Å²) in [5.41, 5.74) is 1.17. The second-order valence-corrected chi connectivity index (χ2v) is 8.05. The van der Waals surface area contributed by atoms with Crippen molar-refractivity contribution in [3.63, 3.8) is 0 Å². The summed E-state index contributed by atoms with van der Waals surface area (Å²) in [7, 11) is -2.07. The summed E-state index contributed by atoms with van der Waals surface area (Å²) < 4.78 is 34.4. The van der Waals surface area contributed by atoms with E-state index in [1.165, 1.54) is 17.9 Å². The normalized spacial score (nSPS) is 17.2. The Balaban J connectivity index is 1.65. The minimum atomic E-state index is -3.59. The summed E-state index contributed by atoms with van der Waals surface area (Å²) >= 11 is 0. The molecule has 12 heteroatoms.